The number of nitrogens with zero attached hydrogens (tertiary/aromatic N) is 3. The number of carbonyl (C=O) groups is 1. The number of hydroxylamine groups is 1. The number of nitrogens with one attached hydrogen (secondary N) is 1. The van der Waals surface area contributed by atoms with Crippen molar-refractivity contribution < 1.29 is 31.6 Å². The summed E-state index contributed by atoms with van der Waals surface area (Å²) in [7, 11) is -4.13. The van der Waals surface area contributed by atoms with Crippen LogP contribution in [0.5, 0.6) is 0 Å². The number of hydrogen-bond donors (Lipinski definition) is 2. The number of carbonyl (C=O) groups excluding carboxylic acids is 1. The topological polar surface area (TPSA) is 112 Å². The summed E-state index contributed by atoms with van der Waals surface area (Å²) in [5.74, 6) is -0.938. The number of halogens is 3. The van der Waals surface area contributed by atoms with Gasteiger partial charge in [0.2, 0.25) is 0 Å². The molecule has 1 saturated carbocycles. The fourth-order valence-corrected chi connectivity index (χ4v) is 6.30. The van der Waals surface area contributed by atoms with E-state index in [0.717, 1.165) is 12.8 Å². The summed E-state index contributed by atoms with van der Waals surface area (Å²) in [6.07, 6.45) is -0.658. The van der Waals surface area contributed by atoms with Gasteiger partial charge >= 0.3 is 6.18 Å². The maximum atomic E-state index is 13.5. The highest BCUT2D eigenvalue weighted by molar-refractivity contribution is 7.93. The molecule has 1 aromatic heterocycles. The van der Waals surface area contributed by atoms with Gasteiger partial charge in [-0.3, -0.25) is 20.0 Å². The van der Waals surface area contributed by atoms with Crippen LogP contribution in [0.4, 0.5) is 13.2 Å². The Hall–Kier alpha value is -2.57. The maximum absolute atomic E-state index is 13.5. The summed E-state index contributed by atoms with van der Waals surface area (Å²) in [6, 6.07) is 6.19. The van der Waals surface area contributed by atoms with Gasteiger partial charge in [-0.15, -0.1) is 0 Å². The molecule has 1 aliphatic heterocycles. The lowest BCUT2D eigenvalue weighted by atomic mass is 9.94. The minimum atomic E-state index is -4.28. The van der Waals surface area contributed by atoms with E-state index in [1.807, 2.05) is 0 Å². The number of alkyl halides is 3. The molecule has 2 fully saturated rings. The molecule has 2 heterocycles. The Labute approximate surface area is 195 Å². The van der Waals surface area contributed by atoms with Crippen molar-refractivity contribution in [3.05, 3.63) is 42.4 Å². The number of amides is 1. The molecule has 0 spiro atoms. The highest BCUT2D eigenvalue weighted by atomic mass is 32.2. The first-order valence-electron chi connectivity index (χ1n) is 11.0. The number of likely N-dealkylation sites (tertiary alicyclic amines) is 1. The fraction of sp³-hybridized carbons (Fsp3) is 0.500. The van der Waals surface area contributed by atoms with Crippen LogP contribution in [0.15, 0.2) is 41.6 Å². The maximum Gasteiger partial charge on any atom is 0.389 e. The van der Waals surface area contributed by atoms with Gasteiger partial charge in [-0.2, -0.15) is 13.2 Å². The average Bonchev–Trinajstić information content (AvgIpc) is 3.68. The van der Waals surface area contributed by atoms with Crippen molar-refractivity contribution in [3.63, 3.8) is 0 Å². The zero-order valence-corrected chi connectivity index (χ0v) is 19.1. The molecule has 0 unspecified atom stereocenters. The minimum absolute atomic E-state index is 0.0607. The van der Waals surface area contributed by atoms with Crippen molar-refractivity contribution in [2.24, 2.45) is 0 Å². The number of piperidine rings is 1. The van der Waals surface area contributed by atoms with Crippen LogP contribution < -0.4 is 5.48 Å². The van der Waals surface area contributed by atoms with Crippen LogP contribution in [0, 0.1) is 0 Å². The van der Waals surface area contributed by atoms with E-state index in [9.17, 15) is 31.6 Å². The summed E-state index contributed by atoms with van der Waals surface area (Å²) in [6.45, 7) is 0.900. The SMILES string of the molecule is O=C(NO)C1(S(=O)(=O)c2ccc(-c3cnc(CCC(F)(F)F)cn3)cc2)CCN(C2CC2)CC1. The van der Waals surface area contributed by atoms with Gasteiger partial charge in [0, 0.05) is 37.3 Å². The van der Waals surface area contributed by atoms with E-state index in [2.05, 4.69) is 14.9 Å². The lowest BCUT2D eigenvalue weighted by Gasteiger charge is -2.39. The first-order chi connectivity index (χ1) is 16.1. The van der Waals surface area contributed by atoms with Gasteiger partial charge in [0.05, 0.1) is 22.5 Å². The Balaban J connectivity index is 1.53. The van der Waals surface area contributed by atoms with E-state index >= 15 is 0 Å². The molecule has 1 aliphatic carbocycles. The quantitative estimate of drug-likeness (QED) is 0.446. The monoisotopic (exact) mass is 498 g/mol. The third kappa shape index (κ3) is 4.93. The van der Waals surface area contributed by atoms with Crippen LogP contribution in [0.3, 0.4) is 0 Å². The lowest BCUT2D eigenvalue weighted by molar-refractivity contribution is -0.134. The number of sulfone groups is 1. The molecule has 1 amide bonds. The molecule has 0 atom stereocenters. The van der Waals surface area contributed by atoms with Crippen molar-refractivity contribution in [1.82, 2.24) is 20.3 Å². The molecule has 2 aromatic rings. The summed E-state index contributed by atoms with van der Waals surface area (Å²) < 4.78 is 62.4. The fourth-order valence-electron chi connectivity index (χ4n) is 4.34. The first-order valence-corrected chi connectivity index (χ1v) is 12.5. The summed E-state index contributed by atoms with van der Waals surface area (Å²) in [5.41, 5.74) is 2.65. The van der Waals surface area contributed by atoms with Crippen LogP contribution in [-0.2, 0) is 21.1 Å². The van der Waals surface area contributed by atoms with E-state index in [4.69, 9.17) is 0 Å². The van der Waals surface area contributed by atoms with Gasteiger partial charge in [0.25, 0.3) is 5.91 Å². The van der Waals surface area contributed by atoms with Crippen molar-refractivity contribution in [2.75, 3.05) is 13.1 Å². The first kappa shape index (κ1) is 24.6. The molecule has 0 radical (unpaired) electrons. The molecular formula is C22H25F3N4O4S. The Bertz CT molecular complexity index is 1130. The third-order valence-corrected chi connectivity index (χ3v) is 9.04. The summed E-state index contributed by atoms with van der Waals surface area (Å²) >= 11 is 0. The smallest absolute Gasteiger partial charge is 0.300 e. The number of aryl methyl sites for hydroxylation is 1. The highest BCUT2D eigenvalue weighted by Crippen LogP contribution is 2.39. The molecule has 1 aromatic carbocycles. The molecule has 1 saturated heterocycles. The predicted octanol–water partition coefficient (Wildman–Crippen LogP) is 2.91. The molecule has 2 aliphatic rings. The summed E-state index contributed by atoms with van der Waals surface area (Å²) in [5, 5.41) is 9.29. The number of aromatic nitrogens is 2. The standard InChI is InChI=1S/C22H25F3N4O4S/c23-22(24,25)8-7-16-13-27-19(14-26-16)15-1-5-18(6-2-15)34(32,33)21(20(30)28-31)9-11-29(12-10-21)17-3-4-17/h1-2,5-6,13-14,17,31H,3-4,7-12H2,(H,28,30). The molecular weight excluding hydrogens is 473 g/mol. The largest absolute Gasteiger partial charge is 0.389 e. The predicted molar refractivity (Wildman–Crippen MR) is 116 cm³/mol. The molecule has 34 heavy (non-hydrogen) atoms. The Kier molecular flexibility index (Phi) is 6.67. The molecule has 4 rings (SSSR count). The number of hydrogen-bond acceptors (Lipinski definition) is 7. The highest BCUT2D eigenvalue weighted by Gasteiger charge is 2.54. The van der Waals surface area contributed by atoms with Crippen LogP contribution in [0.25, 0.3) is 11.3 Å². The van der Waals surface area contributed by atoms with Gasteiger partial charge < -0.3 is 4.90 Å². The second-order valence-corrected chi connectivity index (χ2v) is 11.0. The van der Waals surface area contributed by atoms with E-state index < -0.39 is 33.1 Å². The molecule has 12 heteroatoms. The zero-order chi connectivity index (χ0) is 24.6. The Morgan fingerprint density at radius 3 is 2.26 bits per heavy atom. The number of benzene rings is 1. The van der Waals surface area contributed by atoms with E-state index in [1.54, 1.807) is 5.48 Å². The molecule has 184 valence electrons. The minimum Gasteiger partial charge on any atom is -0.300 e. The Morgan fingerprint density at radius 1 is 1.12 bits per heavy atom. The zero-order valence-electron chi connectivity index (χ0n) is 18.3. The van der Waals surface area contributed by atoms with Crippen LogP contribution in [0.2, 0.25) is 0 Å². The number of rotatable bonds is 7. The van der Waals surface area contributed by atoms with Gasteiger partial charge in [0.1, 0.15) is 0 Å². The van der Waals surface area contributed by atoms with Crippen molar-refractivity contribution >= 4 is 15.7 Å². The van der Waals surface area contributed by atoms with Gasteiger partial charge in [0.15, 0.2) is 14.6 Å². The van der Waals surface area contributed by atoms with Crippen LogP contribution in [0.1, 0.15) is 37.8 Å². The van der Waals surface area contributed by atoms with E-state index in [1.165, 1.54) is 36.7 Å². The summed E-state index contributed by atoms with van der Waals surface area (Å²) in [4.78, 5) is 22.9. The Morgan fingerprint density at radius 2 is 1.76 bits per heavy atom. The van der Waals surface area contributed by atoms with E-state index in [0.29, 0.717) is 30.4 Å². The van der Waals surface area contributed by atoms with Crippen LogP contribution >= 0.6 is 0 Å². The average molecular weight is 499 g/mol. The normalized spacial score (nSPS) is 19.1. The second-order valence-electron chi connectivity index (χ2n) is 8.74. The van der Waals surface area contributed by atoms with Crippen molar-refractivity contribution in [1.29, 1.82) is 0 Å². The second kappa shape index (κ2) is 9.23. The van der Waals surface area contributed by atoms with Gasteiger partial charge in [-0.25, -0.2) is 13.9 Å². The van der Waals surface area contributed by atoms with Crippen molar-refractivity contribution in [2.45, 2.75) is 60.4 Å². The van der Waals surface area contributed by atoms with Crippen molar-refractivity contribution in [3.8, 4) is 11.3 Å². The van der Waals surface area contributed by atoms with Gasteiger partial charge in [-0.1, -0.05) is 12.1 Å². The van der Waals surface area contributed by atoms with Gasteiger partial charge in [-0.05, 0) is 44.2 Å². The third-order valence-electron chi connectivity index (χ3n) is 6.53. The van der Waals surface area contributed by atoms with Crippen LogP contribution in [-0.4, -0.2) is 64.5 Å². The molecule has 2 N–H and O–H groups in total. The molecule has 0 bridgehead atoms. The lowest BCUT2D eigenvalue weighted by Crippen LogP contribution is -2.58. The van der Waals surface area contributed by atoms with E-state index in [-0.39, 0.29) is 29.9 Å². The molecule has 8 nitrogen and oxygen atoms in total.